The number of ether oxygens (including phenoxy) is 1. The summed E-state index contributed by atoms with van der Waals surface area (Å²) in [5, 5.41) is 14.2. The van der Waals surface area contributed by atoms with Gasteiger partial charge in [-0.25, -0.2) is 9.78 Å². The van der Waals surface area contributed by atoms with Crippen LogP contribution < -0.4 is 5.73 Å². The number of nitrogens with zero attached hydrogens (tertiary/aromatic N) is 4. The molecule has 3 heterocycles. The number of aliphatic hydroxyl groups is 1. The van der Waals surface area contributed by atoms with E-state index in [0.717, 1.165) is 24.2 Å². The number of imidazole rings is 1. The lowest BCUT2D eigenvalue weighted by Crippen LogP contribution is -2.31. The minimum absolute atomic E-state index is 0.253. The van der Waals surface area contributed by atoms with Gasteiger partial charge in [0.15, 0.2) is 5.76 Å². The minimum atomic E-state index is -0.717. The predicted molar refractivity (Wildman–Crippen MR) is 123 cm³/mol. The lowest BCUT2D eigenvalue weighted by atomic mass is 10.1. The third kappa shape index (κ3) is 4.06. The zero-order valence-corrected chi connectivity index (χ0v) is 19.1. The van der Waals surface area contributed by atoms with E-state index in [4.69, 9.17) is 15.0 Å². The van der Waals surface area contributed by atoms with E-state index in [1.54, 1.807) is 24.2 Å². The molecule has 2 aliphatic rings. The highest BCUT2D eigenvalue weighted by molar-refractivity contribution is 5.68. The molecule has 3 aromatic rings. The van der Waals surface area contributed by atoms with Gasteiger partial charge in [0.05, 0.1) is 13.2 Å². The van der Waals surface area contributed by atoms with Crippen LogP contribution in [0.1, 0.15) is 36.2 Å². The van der Waals surface area contributed by atoms with Gasteiger partial charge in [0, 0.05) is 55.1 Å². The van der Waals surface area contributed by atoms with Gasteiger partial charge in [-0.1, -0.05) is 17.0 Å². The zero-order valence-electron chi connectivity index (χ0n) is 19.1. The fraction of sp³-hybridized carbons (Fsp3) is 0.400. The number of methoxy groups -OCH3 is 1. The first kappa shape index (κ1) is 22.2. The summed E-state index contributed by atoms with van der Waals surface area (Å²) in [6.07, 6.45) is 2.44. The molecule has 2 fully saturated rings. The Morgan fingerprint density at radius 1 is 1.32 bits per heavy atom. The quantitative estimate of drug-likeness (QED) is 0.560. The fourth-order valence-corrected chi connectivity index (χ4v) is 4.77. The first-order valence-electron chi connectivity index (χ1n) is 11.3. The first-order chi connectivity index (χ1) is 16.5. The van der Waals surface area contributed by atoms with Crippen LogP contribution in [-0.2, 0) is 4.74 Å². The van der Waals surface area contributed by atoms with Gasteiger partial charge < -0.3 is 29.6 Å². The molecule has 1 saturated heterocycles. The van der Waals surface area contributed by atoms with Crippen molar-refractivity contribution in [2.75, 3.05) is 26.7 Å². The molecule has 5 rings (SSSR count). The monoisotopic (exact) mass is 461 g/mol. The number of carbonyl (C=O) groups is 1. The van der Waals surface area contributed by atoms with Crippen molar-refractivity contribution in [3.05, 3.63) is 59.8 Å². The van der Waals surface area contributed by atoms with Crippen LogP contribution in [0.4, 0.5) is 4.79 Å². The summed E-state index contributed by atoms with van der Waals surface area (Å²) in [5.74, 6) is 9.04. The highest BCUT2D eigenvalue weighted by Crippen LogP contribution is 2.51. The van der Waals surface area contributed by atoms with Gasteiger partial charge in [-0.2, -0.15) is 0 Å². The van der Waals surface area contributed by atoms with Gasteiger partial charge in [-0.3, -0.25) is 0 Å². The topological polar surface area (TPSA) is 120 Å². The predicted octanol–water partition coefficient (Wildman–Crippen LogP) is 2.44. The molecule has 1 aliphatic heterocycles. The van der Waals surface area contributed by atoms with Gasteiger partial charge in [-0.15, -0.1) is 0 Å². The second-order valence-corrected chi connectivity index (χ2v) is 8.81. The van der Waals surface area contributed by atoms with Crippen molar-refractivity contribution in [2.24, 2.45) is 23.5 Å². The molecule has 176 valence electrons. The van der Waals surface area contributed by atoms with Crippen LogP contribution in [0.25, 0.3) is 11.3 Å². The molecule has 9 heteroatoms. The number of rotatable bonds is 5. The molecule has 1 aliphatic carbocycles. The van der Waals surface area contributed by atoms with E-state index in [-0.39, 0.29) is 18.7 Å². The number of aliphatic hydroxyl groups excluding tert-OH is 1. The highest BCUT2D eigenvalue weighted by Gasteiger charge is 2.56. The zero-order chi connectivity index (χ0) is 23.8. The molecule has 1 saturated carbocycles. The Hall–Kier alpha value is -3.61. The summed E-state index contributed by atoms with van der Waals surface area (Å²) in [4.78, 5) is 17.6. The number of fused-ring (bicyclic) bond motifs is 1. The smallest absolute Gasteiger partial charge is 0.409 e. The number of hydrogen-bond acceptors (Lipinski definition) is 7. The van der Waals surface area contributed by atoms with E-state index < -0.39 is 6.10 Å². The van der Waals surface area contributed by atoms with Crippen molar-refractivity contribution >= 4 is 6.09 Å². The molecule has 0 bridgehead atoms. The van der Waals surface area contributed by atoms with E-state index in [0.29, 0.717) is 35.0 Å². The van der Waals surface area contributed by atoms with Crippen LogP contribution in [0, 0.1) is 29.6 Å². The van der Waals surface area contributed by atoms with Crippen LogP contribution in [0.5, 0.6) is 0 Å². The van der Waals surface area contributed by atoms with Crippen molar-refractivity contribution in [2.45, 2.75) is 19.1 Å². The van der Waals surface area contributed by atoms with Gasteiger partial charge in [-0.05, 0) is 43.0 Å². The van der Waals surface area contributed by atoms with Crippen LogP contribution in [0.2, 0.25) is 0 Å². The van der Waals surface area contributed by atoms with Gasteiger partial charge in [0.1, 0.15) is 17.6 Å². The number of aromatic nitrogens is 3. The summed E-state index contributed by atoms with van der Waals surface area (Å²) >= 11 is 0. The van der Waals surface area contributed by atoms with E-state index in [9.17, 15) is 9.90 Å². The molecule has 3 N–H and O–H groups in total. The normalized spacial score (nSPS) is 22.5. The molecular formula is C25H27N5O4. The molecule has 0 spiro atoms. The third-order valence-corrected chi connectivity index (χ3v) is 6.68. The van der Waals surface area contributed by atoms with Crippen LogP contribution in [-0.4, -0.2) is 57.6 Å². The Morgan fingerprint density at radius 3 is 2.71 bits per heavy atom. The molecule has 9 nitrogen and oxygen atoms in total. The van der Waals surface area contributed by atoms with Gasteiger partial charge >= 0.3 is 6.09 Å². The van der Waals surface area contributed by atoms with Crippen LogP contribution in [0.15, 0.2) is 47.2 Å². The Balaban J connectivity index is 1.25. The summed E-state index contributed by atoms with van der Waals surface area (Å²) in [6, 6.07) is 9.41. The molecule has 1 aromatic carbocycles. The van der Waals surface area contributed by atoms with E-state index in [1.807, 2.05) is 34.9 Å². The highest BCUT2D eigenvalue weighted by atomic mass is 16.5. The summed E-state index contributed by atoms with van der Waals surface area (Å²) in [6.45, 7) is 3.41. The van der Waals surface area contributed by atoms with Crippen molar-refractivity contribution in [1.29, 1.82) is 0 Å². The van der Waals surface area contributed by atoms with Crippen molar-refractivity contribution < 1.29 is 19.2 Å². The lowest BCUT2D eigenvalue weighted by Gasteiger charge is -2.17. The molecule has 0 radical (unpaired) electrons. The second-order valence-electron chi connectivity index (χ2n) is 8.81. The van der Waals surface area contributed by atoms with Crippen molar-refractivity contribution in [1.82, 2.24) is 19.6 Å². The third-order valence-electron chi connectivity index (χ3n) is 6.68. The number of nitrogens with two attached hydrogens (primary N) is 1. The molecule has 2 unspecified atom stereocenters. The average Bonchev–Trinajstić information content (AvgIpc) is 3.37. The maximum atomic E-state index is 11.6. The minimum Gasteiger partial charge on any atom is -0.453 e. The molecule has 1 amide bonds. The van der Waals surface area contributed by atoms with E-state index in [2.05, 4.69) is 22.0 Å². The fourth-order valence-electron chi connectivity index (χ4n) is 4.77. The number of hydrogen-bond donors (Lipinski definition) is 2. The van der Waals surface area contributed by atoms with E-state index in [1.165, 1.54) is 7.11 Å². The summed E-state index contributed by atoms with van der Waals surface area (Å²) < 4.78 is 12.2. The summed E-state index contributed by atoms with van der Waals surface area (Å²) in [5.41, 5.74) is 8.49. The molecule has 34 heavy (non-hydrogen) atoms. The van der Waals surface area contributed by atoms with Crippen molar-refractivity contribution in [3.63, 3.8) is 0 Å². The number of amides is 1. The average molecular weight is 462 g/mol. The standard InChI is InChI=1S/C25H27N5O4/c1-15(31)24-27-9-10-30(24)22(12-26)21-11-23(34-28-21)17-6-3-16(4-7-17)5-8-18-19-13-29(14-20(18)19)25(32)33-2/h3-4,6-7,9-11,15,18-20,22,31H,12-14,26H2,1-2H3/t15-,18?,19?,20?,22+/m0/s1. The Morgan fingerprint density at radius 2 is 2.06 bits per heavy atom. The maximum absolute atomic E-state index is 11.6. The SMILES string of the molecule is COC(=O)N1CC2C(C#Cc3ccc(-c4cc([C@@H](CN)n5ccnc5[C@H](C)O)no4)cc3)C2C1. The maximum Gasteiger partial charge on any atom is 0.409 e. The summed E-state index contributed by atoms with van der Waals surface area (Å²) in [7, 11) is 1.41. The van der Waals surface area contributed by atoms with E-state index >= 15 is 0 Å². The number of likely N-dealkylation sites (tertiary alicyclic amines) is 1. The molecule has 2 aromatic heterocycles. The lowest BCUT2D eigenvalue weighted by molar-refractivity contribution is 0.127. The van der Waals surface area contributed by atoms with Gasteiger partial charge in [0.25, 0.3) is 0 Å². The van der Waals surface area contributed by atoms with Crippen molar-refractivity contribution in [3.8, 4) is 23.2 Å². The number of piperidine rings is 1. The number of carbonyl (C=O) groups excluding carboxylic acids is 1. The van der Waals surface area contributed by atoms with Gasteiger partial charge in [0.2, 0.25) is 0 Å². The van der Waals surface area contributed by atoms with Crippen LogP contribution >= 0.6 is 0 Å². The number of benzene rings is 1. The Labute approximate surface area is 197 Å². The molecular weight excluding hydrogens is 434 g/mol. The van der Waals surface area contributed by atoms with Crippen LogP contribution in [0.3, 0.4) is 0 Å². The Bertz CT molecular complexity index is 1220. The largest absolute Gasteiger partial charge is 0.453 e. The Kier molecular flexibility index (Phi) is 5.86. The first-order valence-corrected chi connectivity index (χ1v) is 11.3. The second kappa shape index (κ2) is 8.97. The molecule has 4 atom stereocenters.